The predicted molar refractivity (Wildman–Crippen MR) is 152 cm³/mol. The highest BCUT2D eigenvalue weighted by atomic mass is 32.2. The van der Waals surface area contributed by atoms with Crippen molar-refractivity contribution in [1.29, 1.82) is 0 Å². The fraction of sp³-hybridized carbons (Fsp3) is 0.400. The van der Waals surface area contributed by atoms with Crippen molar-refractivity contribution in [2.75, 3.05) is 5.75 Å². The Morgan fingerprint density at radius 2 is 1.05 bits per heavy atom. The Morgan fingerprint density at radius 3 is 1.35 bits per heavy atom. The molecule has 0 heterocycles. The Kier molecular flexibility index (Phi) is 11.1. The van der Waals surface area contributed by atoms with Gasteiger partial charge in [0.05, 0.1) is 21.0 Å². The lowest BCUT2D eigenvalue weighted by Crippen LogP contribution is -2.23. The lowest BCUT2D eigenvalue weighted by Gasteiger charge is -2.21. The Bertz CT molecular complexity index is 1120. The normalized spacial score (nSPS) is 12.0. The molecule has 0 spiro atoms. The smallest absolute Gasteiger partial charge is 0.166 e. The van der Waals surface area contributed by atoms with E-state index in [4.69, 9.17) is 9.47 Å². The molecule has 3 aromatic rings. The van der Waals surface area contributed by atoms with Gasteiger partial charge in [-0.25, -0.2) is 8.42 Å². The van der Waals surface area contributed by atoms with E-state index in [1.165, 1.54) is 14.7 Å². The fourth-order valence-corrected chi connectivity index (χ4v) is 5.99. The van der Waals surface area contributed by atoms with Crippen LogP contribution in [0.4, 0.5) is 0 Å². The number of unbranched alkanes of at least 4 members (excludes halogenated alkanes) is 1. The van der Waals surface area contributed by atoms with E-state index in [-0.39, 0.29) is 27.8 Å². The van der Waals surface area contributed by atoms with E-state index in [2.05, 4.69) is 120 Å². The third kappa shape index (κ3) is 12.1. The van der Waals surface area contributed by atoms with Crippen LogP contribution in [0.1, 0.15) is 61.3 Å². The van der Waals surface area contributed by atoms with Crippen molar-refractivity contribution in [3.63, 3.8) is 0 Å². The zero-order chi connectivity index (χ0) is 27.7. The van der Waals surface area contributed by atoms with Crippen molar-refractivity contribution in [3.05, 3.63) is 78.9 Å². The molecule has 0 radical (unpaired) electrons. The van der Waals surface area contributed by atoms with Gasteiger partial charge in [0.1, 0.15) is 22.7 Å². The second kappa shape index (κ2) is 13.4. The average molecular weight is 545 g/mol. The molecule has 3 aromatic carbocycles. The van der Waals surface area contributed by atoms with Gasteiger partial charge in [-0.15, -0.1) is 0 Å². The molecule has 202 valence electrons. The van der Waals surface area contributed by atoms with E-state index < -0.39 is 10.1 Å². The van der Waals surface area contributed by atoms with Gasteiger partial charge in [-0.05, 0) is 109 Å². The summed E-state index contributed by atoms with van der Waals surface area (Å²) in [6, 6.07) is 27.6. The zero-order valence-corrected chi connectivity index (χ0v) is 24.6. The molecule has 0 saturated carbocycles. The van der Waals surface area contributed by atoms with Crippen LogP contribution in [-0.2, 0) is 21.0 Å². The standard InChI is InChI=1S/C26H31O2S.C4H10O3S/c1-25(2,3)27-20-12-16-23(17-13-20)29(22-10-8-7-9-11-22)24-18-14-21(15-19-24)28-26(4,5)6;1-2-3-4-8(5,6)7/h7-19H,1-6H3;2-4H2,1H3,(H,5,6,7)/q+1;/p-1. The number of hydrogen-bond acceptors (Lipinski definition) is 5. The average Bonchev–Trinajstić information content (AvgIpc) is 2.79. The Labute approximate surface area is 226 Å². The summed E-state index contributed by atoms with van der Waals surface area (Å²) in [7, 11) is -4.12. The Balaban J connectivity index is 0.000000521. The third-order valence-corrected chi connectivity index (χ3v) is 7.71. The Hall–Kier alpha value is -2.48. The summed E-state index contributed by atoms with van der Waals surface area (Å²) < 4.78 is 41.5. The molecule has 0 atom stereocenters. The van der Waals surface area contributed by atoms with Crippen LogP contribution in [-0.4, -0.2) is 29.9 Å². The first-order valence-electron chi connectivity index (χ1n) is 12.5. The summed E-state index contributed by atoms with van der Waals surface area (Å²) in [6.07, 6.45) is 1.23. The minimum Gasteiger partial charge on any atom is -0.748 e. The van der Waals surface area contributed by atoms with Crippen LogP contribution in [0.2, 0.25) is 0 Å². The highest BCUT2D eigenvalue weighted by Gasteiger charge is 2.29. The molecule has 0 aliphatic carbocycles. The molecular formula is C30H40O5S2. The molecule has 0 bridgehead atoms. The lowest BCUT2D eigenvalue weighted by atomic mass is 10.2. The lowest BCUT2D eigenvalue weighted by molar-refractivity contribution is 0.130. The summed E-state index contributed by atoms with van der Waals surface area (Å²) in [5, 5.41) is 0. The summed E-state index contributed by atoms with van der Waals surface area (Å²) in [5.41, 5.74) is -0.406. The topological polar surface area (TPSA) is 75.7 Å². The number of benzene rings is 3. The van der Waals surface area contributed by atoms with Gasteiger partial charge in [0.25, 0.3) is 0 Å². The number of ether oxygens (including phenoxy) is 2. The summed E-state index contributed by atoms with van der Waals surface area (Å²) >= 11 is 0. The first-order chi connectivity index (χ1) is 17.2. The van der Waals surface area contributed by atoms with Gasteiger partial charge < -0.3 is 14.0 Å². The quantitative estimate of drug-likeness (QED) is 0.217. The second-order valence-corrected chi connectivity index (χ2v) is 14.2. The maximum absolute atomic E-state index is 9.83. The third-order valence-electron chi connectivity index (χ3n) is 4.69. The number of hydrogen-bond donors (Lipinski definition) is 0. The second-order valence-electron chi connectivity index (χ2n) is 10.6. The van der Waals surface area contributed by atoms with E-state index in [0.29, 0.717) is 6.42 Å². The summed E-state index contributed by atoms with van der Waals surface area (Å²) in [6.45, 7) is 14.2. The molecule has 7 heteroatoms. The highest BCUT2D eigenvalue weighted by Crippen LogP contribution is 2.33. The van der Waals surface area contributed by atoms with E-state index >= 15 is 0 Å². The molecule has 0 aliphatic rings. The highest BCUT2D eigenvalue weighted by molar-refractivity contribution is 7.97. The molecule has 37 heavy (non-hydrogen) atoms. The van der Waals surface area contributed by atoms with Crippen molar-refractivity contribution >= 4 is 21.0 Å². The van der Waals surface area contributed by atoms with Crippen molar-refractivity contribution in [2.45, 2.75) is 87.2 Å². The van der Waals surface area contributed by atoms with Gasteiger partial charge in [-0.3, -0.25) is 0 Å². The fourth-order valence-electron chi connectivity index (χ4n) is 3.28. The molecule has 0 amide bonds. The predicted octanol–water partition coefficient (Wildman–Crippen LogP) is 7.47. The maximum atomic E-state index is 9.83. The van der Waals surface area contributed by atoms with Gasteiger partial charge in [-0.1, -0.05) is 31.5 Å². The molecule has 5 nitrogen and oxygen atoms in total. The molecule has 0 aliphatic heterocycles. The SMILES string of the molecule is CC(C)(C)Oc1ccc([S+](c2ccccc2)c2ccc(OC(C)(C)C)cc2)cc1.CCCCS(=O)(=O)[O-]. The van der Waals surface area contributed by atoms with Gasteiger partial charge in [0, 0.05) is 5.75 Å². The van der Waals surface area contributed by atoms with Crippen LogP contribution in [0.15, 0.2) is 93.5 Å². The van der Waals surface area contributed by atoms with Crippen molar-refractivity contribution in [2.24, 2.45) is 0 Å². The molecule has 0 unspecified atom stereocenters. The minimum atomic E-state index is -3.94. The Morgan fingerprint density at radius 1 is 0.676 bits per heavy atom. The molecular weight excluding hydrogens is 504 g/mol. The van der Waals surface area contributed by atoms with Gasteiger partial charge in [0.15, 0.2) is 14.7 Å². The number of rotatable bonds is 8. The molecule has 0 N–H and O–H groups in total. The van der Waals surface area contributed by atoms with Crippen LogP contribution in [0.25, 0.3) is 0 Å². The molecule has 0 fully saturated rings. The largest absolute Gasteiger partial charge is 0.748 e. The molecule has 0 saturated heterocycles. The monoisotopic (exact) mass is 544 g/mol. The van der Waals surface area contributed by atoms with Crippen molar-refractivity contribution in [1.82, 2.24) is 0 Å². The molecule has 0 aromatic heterocycles. The minimum absolute atomic E-state index is 0.189. The van der Waals surface area contributed by atoms with Crippen molar-refractivity contribution in [3.8, 4) is 11.5 Å². The summed E-state index contributed by atoms with van der Waals surface area (Å²) in [4.78, 5) is 3.82. The van der Waals surface area contributed by atoms with Crippen LogP contribution in [0, 0.1) is 0 Å². The van der Waals surface area contributed by atoms with Crippen LogP contribution >= 0.6 is 0 Å². The maximum Gasteiger partial charge on any atom is 0.166 e. The van der Waals surface area contributed by atoms with Gasteiger partial charge >= 0.3 is 0 Å². The summed E-state index contributed by atoms with van der Waals surface area (Å²) in [5.74, 6) is 1.57. The van der Waals surface area contributed by atoms with E-state index in [1.807, 2.05) is 6.92 Å². The molecule has 3 rings (SSSR count). The first kappa shape index (κ1) is 30.7. The van der Waals surface area contributed by atoms with Gasteiger partial charge in [0.2, 0.25) is 0 Å². The van der Waals surface area contributed by atoms with Gasteiger partial charge in [-0.2, -0.15) is 0 Å². The zero-order valence-electron chi connectivity index (χ0n) is 23.0. The van der Waals surface area contributed by atoms with Crippen LogP contribution in [0.3, 0.4) is 0 Å². The van der Waals surface area contributed by atoms with Crippen LogP contribution in [0.5, 0.6) is 11.5 Å². The van der Waals surface area contributed by atoms with E-state index in [0.717, 1.165) is 17.9 Å². The van der Waals surface area contributed by atoms with Crippen LogP contribution < -0.4 is 9.47 Å². The van der Waals surface area contributed by atoms with E-state index in [1.54, 1.807) is 0 Å². The van der Waals surface area contributed by atoms with E-state index in [9.17, 15) is 13.0 Å². The first-order valence-corrected chi connectivity index (χ1v) is 15.3. The van der Waals surface area contributed by atoms with Crippen molar-refractivity contribution < 1.29 is 22.4 Å².